The molecule has 8 heteroatoms. The smallest absolute Gasteiger partial charge is 0.332 e. The molecule has 102 valence electrons. The van der Waals surface area contributed by atoms with Crippen molar-refractivity contribution in [1.29, 1.82) is 0 Å². The van der Waals surface area contributed by atoms with Crippen molar-refractivity contribution in [2.45, 2.75) is 20.3 Å². The Hall–Kier alpha value is -2.38. The predicted octanol–water partition coefficient (Wildman–Crippen LogP) is 1.68. The molecule has 0 saturated carbocycles. The SMILES string of the molecule is CCc1nn(C)c(Nc2cn(C)nc2C)c1[N+](=O)[O-]. The molecule has 2 rings (SSSR count). The molecule has 0 amide bonds. The molecular weight excluding hydrogens is 248 g/mol. The highest BCUT2D eigenvalue weighted by atomic mass is 16.6. The van der Waals surface area contributed by atoms with E-state index in [1.54, 1.807) is 25.0 Å². The van der Waals surface area contributed by atoms with E-state index in [2.05, 4.69) is 15.5 Å². The summed E-state index contributed by atoms with van der Waals surface area (Å²) in [6, 6.07) is 0. The monoisotopic (exact) mass is 264 g/mol. The Morgan fingerprint density at radius 2 is 2.11 bits per heavy atom. The van der Waals surface area contributed by atoms with Crippen LogP contribution >= 0.6 is 0 Å². The minimum absolute atomic E-state index is 0.0215. The quantitative estimate of drug-likeness (QED) is 0.670. The van der Waals surface area contributed by atoms with Crippen LogP contribution in [0.2, 0.25) is 0 Å². The molecule has 2 heterocycles. The zero-order valence-corrected chi connectivity index (χ0v) is 11.3. The van der Waals surface area contributed by atoms with Crippen molar-refractivity contribution in [3.05, 3.63) is 27.7 Å². The molecule has 8 nitrogen and oxygen atoms in total. The summed E-state index contributed by atoms with van der Waals surface area (Å²) >= 11 is 0. The number of aryl methyl sites for hydroxylation is 4. The number of nitro groups is 1. The van der Waals surface area contributed by atoms with E-state index in [0.717, 1.165) is 11.4 Å². The van der Waals surface area contributed by atoms with Crippen molar-refractivity contribution >= 4 is 17.2 Å². The maximum Gasteiger partial charge on any atom is 0.334 e. The first-order chi connectivity index (χ1) is 8.93. The second-order valence-electron chi connectivity index (χ2n) is 4.31. The first-order valence-electron chi connectivity index (χ1n) is 5.91. The number of hydrogen-bond acceptors (Lipinski definition) is 5. The van der Waals surface area contributed by atoms with Gasteiger partial charge in [-0.3, -0.25) is 14.8 Å². The van der Waals surface area contributed by atoms with Crippen LogP contribution in [0, 0.1) is 17.0 Å². The lowest BCUT2D eigenvalue weighted by Crippen LogP contribution is -2.01. The number of hydrogen-bond donors (Lipinski definition) is 1. The Morgan fingerprint density at radius 3 is 2.58 bits per heavy atom. The van der Waals surface area contributed by atoms with Gasteiger partial charge in [-0.05, 0) is 13.3 Å². The fraction of sp³-hybridized carbons (Fsp3) is 0.455. The Morgan fingerprint density at radius 1 is 1.42 bits per heavy atom. The van der Waals surface area contributed by atoms with Crippen LogP contribution in [0.4, 0.5) is 17.2 Å². The van der Waals surface area contributed by atoms with Crippen molar-refractivity contribution in [1.82, 2.24) is 19.6 Å². The van der Waals surface area contributed by atoms with E-state index in [0.29, 0.717) is 17.9 Å². The standard InChI is InChI=1S/C11H16N6O2/c1-5-8-10(17(18)19)11(16(4)14-8)12-9-6-15(3)13-7(9)2/h6,12H,5H2,1-4H3. The summed E-state index contributed by atoms with van der Waals surface area (Å²) in [5, 5.41) is 22.6. The molecule has 2 aromatic rings. The summed E-state index contributed by atoms with van der Waals surface area (Å²) in [6.07, 6.45) is 2.29. The number of rotatable bonds is 4. The zero-order chi connectivity index (χ0) is 14.2. The van der Waals surface area contributed by atoms with E-state index < -0.39 is 4.92 Å². The second-order valence-corrected chi connectivity index (χ2v) is 4.31. The van der Waals surface area contributed by atoms with Gasteiger partial charge in [-0.2, -0.15) is 10.2 Å². The first-order valence-corrected chi connectivity index (χ1v) is 5.91. The van der Waals surface area contributed by atoms with Crippen molar-refractivity contribution in [2.75, 3.05) is 5.32 Å². The minimum atomic E-state index is -0.403. The maximum absolute atomic E-state index is 11.2. The van der Waals surface area contributed by atoms with Crippen LogP contribution in [0.25, 0.3) is 0 Å². The molecule has 19 heavy (non-hydrogen) atoms. The molecule has 2 aromatic heterocycles. The molecule has 0 radical (unpaired) electrons. The van der Waals surface area contributed by atoms with E-state index in [4.69, 9.17) is 0 Å². The summed E-state index contributed by atoms with van der Waals surface area (Å²) in [5.74, 6) is 0.373. The molecule has 0 saturated heterocycles. The van der Waals surface area contributed by atoms with Crippen LogP contribution in [0.1, 0.15) is 18.3 Å². The Labute approximate surface area is 110 Å². The van der Waals surface area contributed by atoms with Crippen LogP contribution < -0.4 is 5.32 Å². The molecule has 0 atom stereocenters. The molecule has 0 fully saturated rings. The normalized spacial score (nSPS) is 10.7. The summed E-state index contributed by atoms with van der Waals surface area (Å²) < 4.78 is 3.14. The van der Waals surface area contributed by atoms with Gasteiger partial charge in [0.05, 0.1) is 16.3 Å². The molecule has 0 aliphatic rings. The highest BCUT2D eigenvalue weighted by molar-refractivity contribution is 5.68. The highest BCUT2D eigenvalue weighted by Gasteiger charge is 2.26. The number of nitrogens with zero attached hydrogens (tertiary/aromatic N) is 5. The fourth-order valence-electron chi connectivity index (χ4n) is 1.99. The average molecular weight is 264 g/mol. The van der Waals surface area contributed by atoms with Gasteiger partial charge in [0.2, 0.25) is 5.82 Å². The molecule has 0 spiro atoms. The van der Waals surface area contributed by atoms with E-state index in [1.807, 2.05) is 13.8 Å². The first kappa shape index (κ1) is 13.1. The van der Waals surface area contributed by atoms with Gasteiger partial charge in [-0.1, -0.05) is 6.92 Å². The van der Waals surface area contributed by atoms with E-state index in [-0.39, 0.29) is 5.69 Å². The molecular formula is C11H16N6O2. The average Bonchev–Trinajstić information content (AvgIpc) is 2.80. The maximum atomic E-state index is 11.2. The van der Waals surface area contributed by atoms with Crippen molar-refractivity contribution in [2.24, 2.45) is 14.1 Å². The lowest BCUT2D eigenvalue weighted by molar-refractivity contribution is -0.384. The predicted molar refractivity (Wildman–Crippen MR) is 70.5 cm³/mol. The Kier molecular flexibility index (Phi) is 3.24. The molecule has 1 N–H and O–H groups in total. The Balaban J connectivity index is 2.47. The van der Waals surface area contributed by atoms with Gasteiger partial charge in [-0.25, -0.2) is 4.68 Å². The third-order valence-corrected chi connectivity index (χ3v) is 2.88. The van der Waals surface area contributed by atoms with Crippen molar-refractivity contribution < 1.29 is 4.92 Å². The fourth-order valence-corrected chi connectivity index (χ4v) is 1.99. The number of nitrogens with one attached hydrogen (secondary N) is 1. The lowest BCUT2D eigenvalue weighted by Gasteiger charge is -2.04. The van der Waals surface area contributed by atoms with E-state index in [1.165, 1.54) is 4.68 Å². The largest absolute Gasteiger partial charge is 0.334 e. The van der Waals surface area contributed by atoms with E-state index >= 15 is 0 Å². The van der Waals surface area contributed by atoms with Crippen molar-refractivity contribution in [3.63, 3.8) is 0 Å². The van der Waals surface area contributed by atoms with Gasteiger partial charge in [0.15, 0.2) is 0 Å². The number of aromatic nitrogens is 4. The molecule has 0 aliphatic carbocycles. The summed E-state index contributed by atoms with van der Waals surface area (Å²) in [5.41, 5.74) is 2.00. The second kappa shape index (κ2) is 4.71. The van der Waals surface area contributed by atoms with Crippen LogP contribution in [-0.4, -0.2) is 24.5 Å². The summed E-state index contributed by atoms with van der Waals surface area (Å²) in [4.78, 5) is 10.8. The van der Waals surface area contributed by atoms with Gasteiger partial charge in [0.1, 0.15) is 5.69 Å². The molecule has 0 bridgehead atoms. The number of anilines is 2. The summed E-state index contributed by atoms with van der Waals surface area (Å²) in [7, 11) is 3.48. The minimum Gasteiger partial charge on any atom is -0.332 e. The molecule has 0 unspecified atom stereocenters. The highest BCUT2D eigenvalue weighted by Crippen LogP contribution is 2.31. The van der Waals surface area contributed by atoms with Crippen LogP contribution in [0.15, 0.2) is 6.20 Å². The lowest BCUT2D eigenvalue weighted by atomic mass is 10.3. The Bertz CT molecular complexity index is 627. The molecule has 0 aliphatic heterocycles. The summed E-state index contributed by atoms with van der Waals surface area (Å²) in [6.45, 7) is 3.68. The van der Waals surface area contributed by atoms with Gasteiger partial charge in [0.25, 0.3) is 0 Å². The van der Waals surface area contributed by atoms with Crippen LogP contribution in [0.3, 0.4) is 0 Å². The van der Waals surface area contributed by atoms with Gasteiger partial charge in [0, 0.05) is 20.3 Å². The van der Waals surface area contributed by atoms with Crippen LogP contribution in [-0.2, 0) is 20.5 Å². The third kappa shape index (κ3) is 2.28. The van der Waals surface area contributed by atoms with Gasteiger partial charge in [-0.15, -0.1) is 0 Å². The van der Waals surface area contributed by atoms with E-state index in [9.17, 15) is 10.1 Å². The van der Waals surface area contributed by atoms with Gasteiger partial charge < -0.3 is 5.32 Å². The topological polar surface area (TPSA) is 90.8 Å². The zero-order valence-electron chi connectivity index (χ0n) is 11.3. The van der Waals surface area contributed by atoms with Crippen LogP contribution in [0.5, 0.6) is 0 Å². The molecule has 0 aromatic carbocycles. The third-order valence-electron chi connectivity index (χ3n) is 2.88. The van der Waals surface area contributed by atoms with Crippen molar-refractivity contribution in [3.8, 4) is 0 Å². The van der Waals surface area contributed by atoms with Gasteiger partial charge >= 0.3 is 5.69 Å².